The van der Waals surface area contributed by atoms with Crippen molar-refractivity contribution in [1.29, 1.82) is 0 Å². The van der Waals surface area contributed by atoms with Crippen LogP contribution in [0.2, 0.25) is 0 Å². The lowest BCUT2D eigenvalue weighted by molar-refractivity contribution is 0.102. The summed E-state index contributed by atoms with van der Waals surface area (Å²) in [5.74, 6) is 1.47. The molecule has 2 aromatic carbocycles. The molecular formula is C26H27N5O. The van der Waals surface area contributed by atoms with Gasteiger partial charge in [0.05, 0.1) is 6.04 Å². The van der Waals surface area contributed by atoms with Gasteiger partial charge in [-0.05, 0) is 42.7 Å². The van der Waals surface area contributed by atoms with Gasteiger partial charge in [-0.2, -0.15) is 0 Å². The molecule has 6 heteroatoms. The second kappa shape index (κ2) is 6.89. The Morgan fingerprint density at radius 2 is 1.81 bits per heavy atom. The molecule has 1 saturated carbocycles. The molecule has 1 spiro atoms. The molecule has 3 heterocycles. The molecule has 0 bridgehead atoms. The molecule has 4 N–H and O–H groups in total. The van der Waals surface area contributed by atoms with Crippen LogP contribution in [0.1, 0.15) is 49.2 Å². The Labute approximate surface area is 187 Å². The second-order valence-corrected chi connectivity index (χ2v) is 9.50. The van der Waals surface area contributed by atoms with E-state index in [1.54, 1.807) is 6.20 Å². The zero-order valence-corrected chi connectivity index (χ0v) is 18.1. The molecule has 1 unspecified atom stereocenters. The largest absolute Gasteiger partial charge is 0.382 e. The van der Waals surface area contributed by atoms with E-state index in [0.717, 1.165) is 46.7 Å². The number of imidazole rings is 1. The lowest BCUT2D eigenvalue weighted by Crippen LogP contribution is -2.22. The summed E-state index contributed by atoms with van der Waals surface area (Å²) in [6.45, 7) is 2.88. The predicted molar refractivity (Wildman–Crippen MR) is 125 cm³/mol. The lowest BCUT2D eigenvalue weighted by atomic mass is 9.87. The predicted octanol–water partition coefficient (Wildman–Crippen LogP) is 4.05. The summed E-state index contributed by atoms with van der Waals surface area (Å²) in [4.78, 5) is 9.39. The zero-order chi connectivity index (χ0) is 21.9. The molecule has 1 aliphatic heterocycles. The minimum atomic E-state index is -1.08. The smallest absolute Gasteiger partial charge is 0.150 e. The average molecular weight is 426 g/mol. The van der Waals surface area contributed by atoms with Crippen LogP contribution in [0, 0.1) is 5.41 Å². The molecule has 0 radical (unpaired) electrons. The van der Waals surface area contributed by atoms with E-state index >= 15 is 0 Å². The Bertz CT molecular complexity index is 1290. The van der Waals surface area contributed by atoms with E-state index in [0.29, 0.717) is 11.2 Å². The Balaban J connectivity index is 1.41. The van der Waals surface area contributed by atoms with Gasteiger partial charge in [-0.3, -0.25) is 4.40 Å². The van der Waals surface area contributed by atoms with Crippen LogP contribution in [-0.2, 0) is 5.60 Å². The van der Waals surface area contributed by atoms with Crippen LogP contribution in [0.15, 0.2) is 67.0 Å². The van der Waals surface area contributed by atoms with Gasteiger partial charge in [0, 0.05) is 24.5 Å². The minimum Gasteiger partial charge on any atom is -0.382 e. The number of nitrogens with zero attached hydrogens (tertiary/aromatic N) is 3. The number of anilines is 1. The Hall–Kier alpha value is -3.22. The number of nitrogens with one attached hydrogen (secondary N) is 1. The van der Waals surface area contributed by atoms with Crippen LogP contribution in [-0.4, -0.2) is 26.0 Å². The van der Waals surface area contributed by atoms with Gasteiger partial charge < -0.3 is 16.2 Å². The third kappa shape index (κ3) is 3.02. The Kier molecular flexibility index (Phi) is 4.19. The van der Waals surface area contributed by atoms with E-state index in [1.807, 2.05) is 67.7 Å². The second-order valence-electron chi connectivity index (χ2n) is 9.50. The fraction of sp³-hybridized carbons (Fsp3) is 0.308. The van der Waals surface area contributed by atoms with Gasteiger partial charge >= 0.3 is 0 Å². The molecule has 1 saturated heterocycles. The highest BCUT2D eigenvalue weighted by Gasteiger charge is 2.49. The van der Waals surface area contributed by atoms with Crippen molar-refractivity contribution in [2.75, 3.05) is 12.3 Å². The summed E-state index contributed by atoms with van der Waals surface area (Å²) < 4.78 is 2.09. The van der Waals surface area contributed by atoms with Crippen molar-refractivity contribution in [3.05, 3.63) is 83.9 Å². The van der Waals surface area contributed by atoms with Gasteiger partial charge in [-0.1, -0.05) is 54.6 Å². The fourth-order valence-electron chi connectivity index (χ4n) is 5.07. The number of nitrogens with two attached hydrogens (primary N) is 1. The summed E-state index contributed by atoms with van der Waals surface area (Å²) in [6.07, 6.45) is 7.41. The standard InChI is InChI=1S/C26H27N5O/c1-25(32,18-5-3-2-4-6-18)19-9-7-17(8-10-19)21-22-23(27)28-13-14-31(22)24(30-21)20-15-26(11-12-26)16-29-20/h2-10,13-14,20,29,32H,11-12,15-16H2,1H3,(H2,27,28)/t20-,25?/m0/s1. The molecule has 6 nitrogen and oxygen atoms in total. The van der Waals surface area contributed by atoms with Crippen LogP contribution < -0.4 is 11.1 Å². The molecule has 32 heavy (non-hydrogen) atoms. The molecule has 0 amide bonds. The first-order chi connectivity index (χ1) is 15.5. The van der Waals surface area contributed by atoms with Crippen molar-refractivity contribution in [3.8, 4) is 11.3 Å². The molecule has 2 aromatic heterocycles. The van der Waals surface area contributed by atoms with Crippen molar-refractivity contribution in [2.45, 2.75) is 37.8 Å². The molecule has 2 fully saturated rings. The van der Waals surface area contributed by atoms with E-state index in [2.05, 4.69) is 14.7 Å². The maximum Gasteiger partial charge on any atom is 0.150 e. The third-order valence-corrected chi connectivity index (χ3v) is 7.30. The monoisotopic (exact) mass is 425 g/mol. The van der Waals surface area contributed by atoms with E-state index < -0.39 is 5.60 Å². The average Bonchev–Trinajstić information content (AvgIpc) is 3.26. The lowest BCUT2D eigenvalue weighted by Gasteiger charge is -2.24. The van der Waals surface area contributed by atoms with Gasteiger partial charge in [0.2, 0.25) is 0 Å². The van der Waals surface area contributed by atoms with Crippen molar-refractivity contribution in [2.24, 2.45) is 5.41 Å². The first-order valence-electron chi connectivity index (χ1n) is 11.2. The number of rotatable bonds is 4. The number of aromatic nitrogens is 3. The van der Waals surface area contributed by atoms with E-state index in [4.69, 9.17) is 10.7 Å². The first-order valence-corrected chi connectivity index (χ1v) is 11.2. The van der Waals surface area contributed by atoms with Gasteiger partial charge in [0.15, 0.2) is 0 Å². The highest BCUT2D eigenvalue weighted by Crippen LogP contribution is 2.55. The maximum atomic E-state index is 11.2. The summed E-state index contributed by atoms with van der Waals surface area (Å²) in [7, 11) is 0. The number of hydrogen-bond donors (Lipinski definition) is 3. The summed E-state index contributed by atoms with van der Waals surface area (Å²) in [6, 6.07) is 17.9. The molecule has 4 aromatic rings. The van der Waals surface area contributed by atoms with E-state index in [1.165, 1.54) is 12.8 Å². The summed E-state index contributed by atoms with van der Waals surface area (Å²) in [5, 5.41) is 14.9. The topological polar surface area (TPSA) is 88.5 Å². The highest BCUT2D eigenvalue weighted by atomic mass is 16.3. The van der Waals surface area contributed by atoms with Gasteiger partial charge in [0.1, 0.15) is 28.5 Å². The van der Waals surface area contributed by atoms with Crippen LogP contribution in [0.4, 0.5) is 5.82 Å². The number of fused-ring (bicyclic) bond motifs is 1. The quantitative estimate of drug-likeness (QED) is 0.459. The normalized spacial score (nSPS) is 21.1. The minimum absolute atomic E-state index is 0.221. The fourth-order valence-corrected chi connectivity index (χ4v) is 5.07. The van der Waals surface area contributed by atoms with Crippen molar-refractivity contribution in [3.63, 3.8) is 0 Å². The summed E-state index contributed by atoms with van der Waals surface area (Å²) >= 11 is 0. The third-order valence-electron chi connectivity index (χ3n) is 7.30. The first kappa shape index (κ1) is 19.5. The Morgan fingerprint density at radius 3 is 2.50 bits per heavy atom. The molecule has 2 aliphatic rings. The van der Waals surface area contributed by atoms with Gasteiger partial charge in [-0.15, -0.1) is 0 Å². The number of hydrogen-bond acceptors (Lipinski definition) is 5. The number of benzene rings is 2. The maximum absolute atomic E-state index is 11.2. The zero-order valence-electron chi connectivity index (χ0n) is 18.1. The van der Waals surface area contributed by atoms with E-state index in [9.17, 15) is 5.11 Å². The molecule has 162 valence electrons. The van der Waals surface area contributed by atoms with Crippen molar-refractivity contribution in [1.82, 2.24) is 19.7 Å². The molecular weight excluding hydrogens is 398 g/mol. The van der Waals surface area contributed by atoms with Crippen molar-refractivity contribution >= 4 is 11.3 Å². The van der Waals surface area contributed by atoms with Crippen molar-refractivity contribution < 1.29 is 5.11 Å². The van der Waals surface area contributed by atoms with Gasteiger partial charge in [-0.25, -0.2) is 9.97 Å². The SMILES string of the molecule is CC(O)(c1ccccc1)c1ccc(-c2nc([C@@H]3CC4(CC4)CN3)n3ccnc(N)c23)cc1. The highest BCUT2D eigenvalue weighted by molar-refractivity contribution is 5.85. The van der Waals surface area contributed by atoms with Gasteiger partial charge in [0.25, 0.3) is 0 Å². The molecule has 1 aliphatic carbocycles. The van der Waals surface area contributed by atoms with Crippen LogP contribution in [0.3, 0.4) is 0 Å². The Morgan fingerprint density at radius 1 is 1.09 bits per heavy atom. The van der Waals surface area contributed by atoms with Crippen LogP contribution >= 0.6 is 0 Å². The summed E-state index contributed by atoms with van der Waals surface area (Å²) in [5.41, 5.74) is 10.0. The van der Waals surface area contributed by atoms with Crippen LogP contribution in [0.5, 0.6) is 0 Å². The molecule has 6 rings (SSSR count). The van der Waals surface area contributed by atoms with Crippen LogP contribution in [0.25, 0.3) is 16.8 Å². The number of nitrogen functional groups attached to an aromatic ring is 1. The van der Waals surface area contributed by atoms with E-state index in [-0.39, 0.29) is 6.04 Å². The number of aliphatic hydroxyl groups is 1. The molecule has 2 atom stereocenters.